The highest BCUT2D eigenvalue weighted by atomic mass is 16.2. The van der Waals surface area contributed by atoms with E-state index in [1.165, 1.54) is 11.8 Å². The van der Waals surface area contributed by atoms with E-state index in [-0.39, 0.29) is 24.8 Å². The highest BCUT2D eigenvalue weighted by molar-refractivity contribution is 5.97. The number of aromatic amines is 2. The molecule has 6 N–H and O–H groups in total. The number of aryl methyl sites for hydroxylation is 1. The van der Waals surface area contributed by atoms with Crippen molar-refractivity contribution in [1.29, 1.82) is 0 Å². The van der Waals surface area contributed by atoms with E-state index in [0.29, 0.717) is 25.8 Å². The summed E-state index contributed by atoms with van der Waals surface area (Å²) in [6, 6.07) is 14.9. The Hall–Kier alpha value is -4.60. The number of aromatic nitrogens is 2. The first kappa shape index (κ1) is 28.9. The zero-order valence-electron chi connectivity index (χ0n) is 24.3. The molecule has 10 nitrogen and oxygen atoms in total. The average Bonchev–Trinajstić information content (AvgIpc) is 3.54. The molecule has 0 aliphatic heterocycles. The number of primary amides is 1. The van der Waals surface area contributed by atoms with E-state index in [2.05, 4.69) is 20.6 Å². The van der Waals surface area contributed by atoms with E-state index < -0.39 is 29.3 Å². The highest BCUT2D eigenvalue weighted by Gasteiger charge is 2.45. The van der Waals surface area contributed by atoms with Crippen LogP contribution in [0, 0.1) is 5.92 Å². The maximum Gasteiger partial charge on any atom is 0.246 e. The molecule has 1 aliphatic rings. The molecule has 2 aromatic heterocycles. The van der Waals surface area contributed by atoms with Crippen LogP contribution in [0.5, 0.6) is 0 Å². The molecule has 0 saturated carbocycles. The van der Waals surface area contributed by atoms with E-state index >= 15 is 0 Å². The number of fused-ring (bicyclic) bond motifs is 4. The number of para-hydroxylation sites is 2. The lowest BCUT2D eigenvalue weighted by Crippen LogP contribution is -2.65. The zero-order valence-corrected chi connectivity index (χ0v) is 24.3. The molecule has 4 aromatic rings. The number of amides is 4. The predicted molar refractivity (Wildman–Crippen MR) is 161 cm³/mol. The fourth-order valence-corrected chi connectivity index (χ4v) is 6.02. The second kappa shape index (κ2) is 11.7. The summed E-state index contributed by atoms with van der Waals surface area (Å²) in [4.78, 5) is 60.4. The van der Waals surface area contributed by atoms with Gasteiger partial charge in [-0.1, -0.05) is 50.2 Å². The molecule has 2 aromatic carbocycles. The van der Waals surface area contributed by atoms with Gasteiger partial charge in [0.15, 0.2) is 0 Å². The van der Waals surface area contributed by atoms with Gasteiger partial charge in [-0.3, -0.25) is 19.2 Å². The Bertz CT molecular complexity index is 1650. The van der Waals surface area contributed by atoms with Gasteiger partial charge in [-0.05, 0) is 48.4 Å². The lowest BCUT2D eigenvalue weighted by Gasteiger charge is -2.38. The van der Waals surface area contributed by atoms with Crippen LogP contribution in [-0.2, 0) is 38.4 Å². The van der Waals surface area contributed by atoms with Crippen LogP contribution < -0.4 is 16.4 Å². The van der Waals surface area contributed by atoms with E-state index in [4.69, 9.17) is 5.73 Å². The Labute approximate surface area is 244 Å². The summed E-state index contributed by atoms with van der Waals surface area (Å²) >= 11 is 0. The second-order valence-electron chi connectivity index (χ2n) is 11.6. The summed E-state index contributed by atoms with van der Waals surface area (Å²) in [6.07, 6.45) is 3.58. The number of rotatable bonds is 10. The normalized spacial score (nSPS) is 17.1. The number of carbonyl (C=O) groups is 4. The fourth-order valence-electron chi connectivity index (χ4n) is 6.02. The zero-order chi connectivity index (χ0) is 30.0. The van der Waals surface area contributed by atoms with Gasteiger partial charge in [0.25, 0.3) is 0 Å². The van der Waals surface area contributed by atoms with Crippen molar-refractivity contribution in [2.45, 2.75) is 58.0 Å². The van der Waals surface area contributed by atoms with E-state index in [0.717, 1.165) is 38.6 Å². The van der Waals surface area contributed by atoms with Crippen LogP contribution in [-0.4, -0.2) is 63.2 Å². The Morgan fingerprint density at radius 1 is 1.02 bits per heavy atom. The van der Waals surface area contributed by atoms with Crippen molar-refractivity contribution >= 4 is 45.4 Å². The summed E-state index contributed by atoms with van der Waals surface area (Å²) in [6.45, 7) is 5.18. The Morgan fingerprint density at radius 2 is 1.71 bits per heavy atom. The van der Waals surface area contributed by atoms with Gasteiger partial charge in [-0.2, -0.15) is 0 Å². The monoisotopic (exact) mass is 570 g/mol. The summed E-state index contributed by atoms with van der Waals surface area (Å²) in [5.74, 6) is -2.01. The van der Waals surface area contributed by atoms with Gasteiger partial charge in [-0.25, -0.2) is 0 Å². The standard InChI is InChI=1S/C32H38N6O4/c1-19(2)29(30(33)41)36-31(42)32(14-12-27-24(16-32)23-9-5-7-11-26(23)35-27)37-28(40)18-38(20(3)39)15-13-21-17-34-25-10-6-4-8-22(21)25/h4-11,17,19,29,34-35H,12-16,18H2,1-3H3,(H2,33,41)(H,36,42)(H,37,40)/t29-,32+/m0/s1. The van der Waals surface area contributed by atoms with Crippen LogP contribution in [0.1, 0.15) is 44.0 Å². The van der Waals surface area contributed by atoms with Gasteiger partial charge in [0.05, 0.1) is 6.54 Å². The Kier molecular flexibility index (Phi) is 8.06. The van der Waals surface area contributed by atoms with Crippen molar-refractivity contribution in [2.24, 2.45) is 11.7 Å². The third-order valence-electron chi connectivity index (χ3n) is 8.36. The molecule has 0 fully saturated rings. The van der Waals surface area contributed by atoms with Gasteiger partial charge in [0.2, 0.25) is 23.6 Å². The second-order valence-corrected chi connectivity index (χ2v) is 11.6. The molecule has 1 aliphatic carbocycles. The van der Waals surface area contributed by atoms with Gasteiger partial charge in [0, 0.05) is 53.6 Å². The summed E-state index contributed by atoms with van der Waals surface area (Å²) in [7, 11) is 0. The molecule has 0 spiro atoms. The molecule has 2 atom stereocenters. The van der Waals surface area contributed by atoms with Crippen LogP contribution in [0.25, 0.3) is 21.8 Å². The van der Waals surface area contributed by atoms with Crippen LogP contribution in [0.3, 0.4) is 0 Å². The molecule has 0 unspecified atom stereocenters. The first-order valence-electron chi connectivity index (χ1n) is 14.4. The Morgan fingerprint density at radius 3 is 2.40 bits per heavy atom. The first-order valence-corrected chi connectivity index (χ1v) is 14.4. The van der Waals surface area contributed by atoms with Crippen LogP contribution >= 0.6 is 0 Å². The molecule has 5 rings (SSSR count). The van der Waals surface area contributed by atoms with Gasteiger partial charge >= 0.3 is 0 Å². The quantitative estimate of drug-likeness (QED) is 0.199. The molecule has 42 heavy (non-hydrogen) atoms. The molecule has 10 heteroatoms. The summed E-state index contributed by atoms with van der Waals surface area (Å²) in [5, 5.41) is 7.88. The number of nitrogens with two attached hydrogens (primary N) is 1. The van der Waals surface area contributed by atoms with Gasteiger partial charge < -0.3 is 31.2 Å². The van der Waals surface area contributed by atoms with Crippen molar-refractivity contribution < 1.29 is 19.2 Å². The maximum atomic E-state index is 13.9. The lowest BCUT2D eigenvalue weighted by molar-refractivity contribution is -0.139. The smallest absolute Gasteiger partial charge is 0.246 e. The van der Waals surface area contributed by atoms with Crippen molar-refractivity contribution in [3.8, 4) is 0 Å². The number of H-pyrrole nitrogens is 2. The van der Waals surface area contributed by atoms with Crippen molar-refractivity contribution in [3.63, 3.8) is 0 Å². The van der Waals surface area contributed by atoms with E-state index in [9.17, 15) is 19.2 Å². The topological polar surface area (TPSA) is 153 Å². The minimum Gasteiger partial charge on any atom is -0.368 e. The molecule has 2 heterocycles. The van der Waals surface area contributed by atoms with Crippen LogP contribution in [0.15, 0.2) is 54.7 Å². The molecule has 220 valence electrons. The molecular weight excluding hydrogens is 532 g/mol. The molecular formula is C32H38N6O4. The van der Waals surface area contributed by atoms with Crippen molar-refractivity contribution in [3.05, 3.63) is 71.5 Å². The number of hydrogen-bond acceptors (Lipinski definition) is 4. The number of nitrogens with zero attached hydrogens (tertiary/aromatic N) is 1. The summed E-state index contributed by atoms with van der Waals surface area (Å²) in [5.41, 5.74) is 9.29. The minimum atomic E-state index is -1.32. The first-order chi connectivity index (χ1) is 20.1. The molecule has 0 radical (unpaired) electrons. The van der Waals surface area contributed by atoms with Crippen molar-refractivity contribution in [1.82, 2.24) is 25.5 Å². The lowest BCUT2D eigenvalue weighted by atomic mass is 9.78. The van der Waals surface area contributed by atoms with E-state index in [1.54, 1.807) is 13.8 Å². The molecule has 0 bridgehead atoms. The number of carbonyl (C=O) groups excluding carboxylic acids is 4. The predicted octanol–water partition coefficient (Wildman–Crippen LogP) is 2.71. The maximum absolute atomic E-state index is 13.9. The van der Waals surface area contributed by atoms with Crippen LogP contribution in [0.2, 0.25) is 0 Å². The third kappa shape index (κ3) is 5.74. The van der Waals surface area contributed by atoms with E-state index in [1.807, 2.05) is 54.7 Å². The van der Waals surface area contributed by atoms with Crippen molar-refractivity contribution in [2.75, 3.05) is 13.1 Å². The molecule has 0 saturated heterocycles. The fraction of sp³-hybridized carbons (Fsp3) is 0.375. The number of hydrogen-bond donors (Lipinski definition) is 5. The average molecular weight is 571 g/mol. The summed E-state index contributed by atoms with van der Waals surface area (Å²) < 4.78 is 0. The number of nitrogens with one attached hydrogen (secondary N) is 4. The largest absolute Gasteiger partial charge is 0.368 e. The number of benzene rings is 2. The van der Waals surface area contributed by atoms with Crippen LogP contribution in [0.4, 0.5) is 0 Å². The SMILES string of the molecule is CC(=O)N(CCc1c[nH]c2ccccc12)CC(=O)N[C@]1(C(=O)N[C@H](C(N)=O)C(C)C)CCc2[nH]c3ccccc3c2C1. The minimum absolute atomic E-state index is 0.198. The highest BCUT2D eigenvalue weighted by Crippen LogP contribution is 2.34. The third-order valence-corrected chi connectivity index (χ3v) is 8.36. The van der Waals surface area contributed by atoms with Gasteiger partial charge in [0.1, 0.15) is 11.6 Å². The van der Waals surface area contributed by atoms with Gasteiger partial charge in [-0.15, -0.1) is 0 Å². The molecule has 4 amide bonds. The Balaban J connectivity index is 1.38.